The Hall–Kier alpha value is 0.230. The second-order valence-electron chi connectivity index (χ2n) is 4.74. The topological polar surface area (TPSA) is 24.5 Å². The summed E-state index contributed by atoms with van der Waals surface area (Å²) in [6.07, 6.45) is 1.71. The molecule has 3 atom stereocenters. The molecule has 2 heterocycles. The van der Waals surface area contributed by atoms with E-state index in [9.17, 15) is 0 Å². The zero-order valence-electron chi connectivity index (χ0n) is 9.74. The summed E-state index contributed by atoms with van der Waals surface area (Å²) < 4.78 is 5.72. The maximum absolute atomic E-state index is 5.72. The molecular weight excluding hydrogens is 208 g/mol. The van der Waals surface area contributed by atoms with Crippen LogP contribution >= 0.6 is 11.8 Å². The maximum Gasteiger partial charge on any atom is 0.0826 e. The maximum atomic E-state index is 5.72. The molecule has 3 unspecified atom stereocenters. The molecule has 0 radical (unpaired) electrons. The van der Waals surface area contributed by atoms with E-state index in [1.165, 1.54) is 12.2 Å². The fraction of sp³-hybridized carbons (Fsp3) is 1.00. The number of hydrogen-bond donors (Lipinski definition) is 1. The van der Waals surface area contributed by atoms with Gasteiger partial charge in [0.25, 0.3) is 0 Å². The molecule has 2 saturated heterocycles. The Morgan fingerprint density at radius 2 is 2.40 bits per heavy atom. The summed E-state index contributed by atoms with van der Waals surface area (Å²) in [5, 5.41) is 4.46. The molecule has 3 nitrogen and oxygen atoms in total. The standard InChI is InChI=1S/C11H22N2OS/c1-9-5-10(8-15-9)12-6-11-7-13(2)3-4-14-11/h9-12H,3-8H2,1-2H3. The van der Waals surface area contributed by atoms with Gasteiger partial charge in [0.1, 0.15) is 0 Å². The summed E-state index contributed by atoms with van der Waals surface area (Å²) in [7, 11) is 2.17. The first-order valence-electron chi connectivity index (χ1n) is 5.89. The average molecular weight is 230 g/mol. The van der Waals surface area contributed by atoms with Gasteiger partial charge < -0.3 is 15.0 Å². The van der Waals surface area contributed by atoms with E-state index in [0.717, 1.165) is 31.5 Å². The minimum atomic E-state index is 0.393. The van der Waals surface area contributed by atoms with Crippen LogP contribution in [0, 0.1) is 0 Å². The normalized spacial score (nSPS) is 38.4. The van der Waals surface area contributed by atoms with E-state index < -0.39 is 0 Å². The van der Waals surface area contributed by atoms with Crippen LogP contribution in [-0.2, 0) is 4.74 Å². The molecule has 0 aromatic heterocycles. The third-order valence-electron chi connectivity index (χ3n) is 3.17. The SMILES string of the molecule is CC1CC(NCC2CN(C)CCO2)CS1. The Morgan fingerprint density at radius 3 is 3.07 bits per heavy atom. The van der Waals surface area contributed by atoms with Crippen LogP contribution in [0.2, 0.25) is 0 Å². The van der Waals surface area contributed by atoms with Gasteiger partial charge in [0, 0.05) is 36.7 Å². The number of nitrogens with zero attached hydrogens (tertiary/aromatic N) is 1. The molecule has 2 aliphatic heterocycles. The molecule has 1 N–H and O–H groups in total. The van der Waals surface area contributed by atoms with E-state index in [0.29, 0.717) is 12.1 Å². The van der Waals surface area contributed by atoms with Crippen LogP contribution in [0.5, 0.6) is 0 Å². The molecule has 0 aromatic rings. The second-order valence-corrected chi connectivity index (χ2v) is 6.21. The Morgan fingerprint density at radius 1 is 1.53 bits per heavy atom. The molecule has 0 spiro atoms. The lowest BCUT2D eigenvalue weighted by molar-refractivity contribution is -0.0190. The van der Waals surface area contributed by atoms with Crippen molar-refractivity contribution in [2.45, 2.75) is 30.7 Å². The van der Waals surface area contributed by atoms with Gasteiger partial charge in [-0.3, -0.25) is 0 Å². The van der Waals surface area contributed by atoms with Crippen molar-refractivity contribution in [2.75, 3.05) is 39.0 Å². The van der Waals surface area contributed by atoms with Gasteiger partial charge in [0.2, 0.25) is 0 Å². The molecule has 2 aliphatic rings. The Balaban J connectivity index is 1.64. The second kappa shape index (κ2) is 5.53. The van der Waals surface area contributed by atoms with Gasteiger partial charge in [-0.15, -0.1) is 0 Å². The molecule has 0 aliphatic carbocycles. The summed E-state index contributed by atoms with van der Waals surface area (Å²) >= 11 is 2.08. The fourth-order valence-electron chi connectivity index (χ4n) is 2.25. The average Bonchev–Trinajstić information content (AvgIpc) is 2.62. The van der Waals surface area contributed by atoms with Crippen molar-refractivity contribution in [3.63, 3.8) is 0 Å². The molecule has 88 valence electrons. The highest BCUT2D eigenvalue weighted by Gasteiger charge is 2.23. The van der Waals surface area contributed by atoms with Crippen molar-refractivity contribution in [3.05, 3.63) is 0 Å². The molecule has 4 heteroatoms. The van der Waals surface area contributed by atoms with E-state index in [-0.39, 0.29) is 0 Å². The smallest absolute Gasteiger partial charge is 0.0826 e. The monoisotopic (exact) mass is 230 g/mol. The largest absolute Gasteiger partial charge is 0.374 e. The van der Waals surface area contributed by atoms with Crippen LogP contribution in [-0.4, -0.2) is 61.3 Å². The van der Waals surface area contributed by atoms with Crippen LogP contribution in [0.3, 0.4) is 0 Å². The van der Waals surface area contributed by atoms with E-state index >= 15 is 0 Å². The highest BCUT2D eigenvalue weighted by Crippen LogP contribution is 2.25. The van der Waals surface area contributed by atoms with Gasteiger partial charge in [-0.2, -0.15) is 11.8 Å². The summed E-state index contributed by atoms with van der Waals surface area (Å²) in [5.74, 6) is 1.27. The molecule has 0 aromatic carbocycles. The van der Waals surface area contributed by atoms with Gasteiger partial charge in [0.15, 0.2) is 0 Å². The quantitative estimate of drug-likeness (QED) is 0.775. The fourth-order valence-corrected chi connectivity index (χ4v) is 3.43. The lowest BCUT2D eigenvalue weighted by atomic mass is 10.2. The summed E-state index contributed by atoms with van der Waals surface area (Å²) in [5.41, 5.74) is 0. The predicted molar refractivity (Wildman–Crippen MR) is 65.6 cm³/mol. The number of ether oxygens (including phenoxy) is 1. The van der Waals surface area contributed by atoms with Crippen molar-refractivity contribution >= 4 is 11.8 Å². The van der Waals surface area contributed by atoms with Crippen LogP contribution in [0.4, 0.5) is 0 Å². The van der Waals surface area contributed by atoms with E-state index in [4.69, 9.17) is 4.74 Å². The third kappa shape index (κ3) is 3.63. The zero-order chi connectivity index (χ0) is 10.7. The van der Waals surface area contributed by atoms with Crippen LogP contribution < -0.4 is 5.32 Å². The minimum Gasteiger partial charge on any atom is -0.374 e. The Labute approximate surface area is 96.9 Å². The van der Waals surface area contributed by atoms with Crippen molar-refractivity contribution < 1.29 is 4.74 Å². The number of hydrogen-bond acceptors (Lipinski definition) is 4. The molecule has 2 rings (SSSR count). The number of morpholine rings is 1. The molecule has 0 bridgehead atoms. The van der Waals surface area contributed by atoms with Crippen molar-refractivity contribution in [3.8, 4) is 0 Å². The number of thioether (sulfide) groups is 1. The van der Waals surface area contributed by atoms with E-state index in [1.807, 2.05) is 0 Å². The van der Waals surface area contributed by atoms with E-state index in [2.05, 4.69) is 35.9 Å². The number of nitrogens with one attached hydrogen (secondary N) is 1. The highest BCUT2D eigenvalue weighted by molar-refractivity contribution is 8.00. The van der Waals surface area contributed by atoms with Crippen LogP contribution in [0.15, 0.2) is 0 Å². The predicted octanol–water partition coefficient (Wildman–Crippen LogP) is 0.801. The first-order valence-corrected chi connectivity index (χ1v) is 6.94. The molecular formula is C11H22N2OS. The first kappa shape index (κ1) is 11.7. The van der Waals surface area contributed by atoms with Crippen molar-refractivity contribution in [1.82, 2.24) is 10.2 Å². The molecule has 0 saturated carbocycles. The summed E-state index contributed by atoms with van der Waals surface area (Å²) in [6, 6.07) is 0.709. The van der Waals surface area contributed by atoms with E-state index in [1.54, 1.807) is 0 Å². The summed E-state index contributed by atoms with van der Waals surface area (Å²) in [4.78, 5) is 2.35. The van der Waals surface area contributed by atoms with Gasteiger partial charge in [-0.1, -0.05) is 6.92 Å². The van der Waals surface area contributed by atoms with Crippen molar-refractivity contribution in [1.29, 1.82) is 0 Å². The number of likely N-dealkylation sites (N-methyl/N-ethyl adjacent to an activating group) is 1. The lowest BCUT2D eigenvalue weighted by Gasteiger charge is -2.30. The Bertz CT molecular complexity index is 203. The molecule has 15 heavy (non-hydrogen) atoms. The van der Waals surface area contributed by atoms with Gasteiger partial charge in [-0.25, -0.2) is 0 Å². The van der Waals surface area contributed by atoms with Gasteiger partial charge in [-0.05, 0) is 13.5 Å². The molecule has 0 amide bonds. The van der Waals surface area contributed by atoms with Crippen LogP contribution in [0.1, 0.15) is 13.3 Å². The lowest BCUT2D eigenvalue weighted by Crippen LogP contribution is -2.46. The molecule has 2 fully saturated rings. The van der Waals surface area contributed by atoms with Crippen LogP contribution in [0.25, 0.3) is 0 Å². The first-order chi connectivity index (χ1) is 7.24. The summed E-state index contributed by atoms with van der Waals surface area (Å²) in [6.45, 7) is 6.37. The minimum absolute atomic E-state index is 0.393. The highest BCUT2D eigenvalue weighted by atomic mass is 32.2. The Kier molecular flexibility index (Phi) is 4.31. The van der Waals surface area contributed by atoms with Gasteiger partial charge in [0.05, 0.1) is 12.7 Å². The van der Waals surface area contributed by atoms with Crippen molar-refractivity contribution in [2.24, 2.45) is 0 Å². The third-order valence-corrected chi connectivity index (χ3v) is 4.53. The number of rotatable bonds is 3. The van der Waals surface area contributed by atoms with Gasteiger partial charge >= 0.3 is 0 Å². The zero-order valence-corrected chi connectivity index (χ0v) is 10.6.